The van der Waals surface area contributed by atoms with Crippen LogP contribution < -0.4 is 0 Å². The van der Waals surface area contributed by atoms with Gasteiger partial charge in [0.2, 0.25) is 0 Å². The van der Waals surface area contributed by atoms with Gasteiger partial charge in [0.1, 0.15) is 0 Å². The first kappa shape index (κ1) is 9.96. The molecular formula is C9H20N2O. The number of rotatable bonds is 5. The van der Waals surface area contributed by atoms with Crippen molar-refractivity contribution in [1.82, 2.24) is 9.80 Å². The maximum atomic E-state index is 5.13. The molecule has 0 aromatic heterocycles. The van der Waals surface area contributed by atoms with E-state index >= 15 is 0 Å². The van der Waals surface area contributed by atoms with Gasteiger partial charge in [-0.15, -0.1) is 0 Å². The smallest absolute Gasteiger partial charge is 0.0645 e. The molecule has 0 atom stereocenters. The highest BCUT2D eigenvalue weighted by molar-refractivity contribution is 4.74. The normalized spacial score (nSPS) is 18.8. The summed E-state index contributed by atoms with van der Waals surface area (Å²) in [5.41, 5.74) is 0. The first-order chi connectivity index (χ1) is 5.74. The summed E-state index contributed by atoms with van der Waals surface area (Å²) in [4.78, 5) is 4.71. The van der Waals surface area contributed by atoms with E-state index in [2.05, 4.69) is 30.8 Å². The monoisotopic (exact) mass is 172 g/mol. The summed E-state index contributed by atoms with van der Waals surface area (Å²) >= 11 is 0. The molecule has 3 nitrogen and oxygen atoms in total. The van der Waals surface area contributed by atoms with Crippen molar-refractivity contribution in [2.24, 2.45) is 0 Å². The fourth-order valence-electron chi connectivity index (χ4n) is 1.15. The van der Waals surface area contributed by atoms with Crippen molar-refractivity contribution in [3.8, 4) is 0 Å². The second kappa shape index (κ2) is 4.80. The van der Waals surface area contributed by atoms with Crippen molar-refractivity contribution in [3.05, 3.63) is 0 Å². The molecule has 1 aliphatic heterocycles. The minimum Gasteiger partial charge on any atom is -0.378 e. The molecule has 0 unspecified atom stereocenters. The molecule has 0 aromatic rings. The van der Waals surface area contributed by atoms with E-state index in [0.29, 0.717) is 6.04 Å². The SMILES string of the molecule is CCN(C)CCN(C)C1COC1. The Kier molecular flexibility index (Phi) is 3.98. The van der Waals surface area contributed by atoms with Crippen molar-refractivity contribution in [2.75, 3.05) is 46.9 Å². The van der Waals surface area contributed by atoms with Gasteiger partial charge in [0.25, 0.3) is 0 Å². The molecule has 72 valence electrons. The molecule has 1 rings (SSSR count). The molecule has 3 heteroatoms. The zero-order valence-corrected chi connectivity index (χ0v) is 8.42. The minimum absolute atomic E-state index is 0.676. The third kappa shape index (κ3) is 2.73. The van der Waals surface area contributed by atoms with E-state index in [9.17, 15) is 0 Å². The van der Waals surface area contributed by atoms with Crippen LogP contribution in [0.1, 0.15) is 6.92 Å². The number of ether oxygens (including phenoxy) is 1. The Hall–Kier alpha value is -0.120. The quantitative estimate of drug-likeness (QED) is 0.592. The average Bonchev–Trinajstić information content (AvgIpc) is 1.97. The number of hydrogen-bond donors (Lipinski definition) is 0. The van der Waals surface area contributed by atoms with Gasteiger partial charge in [-0.3, -0.25) is 4.90 Å². The van der Waals surface area contributed by atoms with Crippen LogP contribution in [0.2, 0.25) is 0 Å². The van der Waals surface area contributed by atoms with Crippen LogP contribution in [0.15, 0.2) is 0 Å². The van der Waals surface area contributed by atoms with Crippen LogP contribution in [0, 0.1) is 0 Å². The molecule has 1 heterocycles. The average molecular weight is 172 g/mol. The molecule has 12 heavy (non-hydrogen) atoms. The Balaban J connectivity index is 2.05. The van der Waals surface area contributed by atoms with Gasteiger partial charge in [0, 0.05) is 13.1 Å². The summed E-state index contributed by atoms with van der Waals surface area (Å²) in [6.07, 6.45) is 0. The summed E-state index contributed by atoms with van der Waals surface area (Å²) in [5.74, 6) is 0. The van der Waals surface area contributed by atoms with Crippen LogP contribution in [-0.4, -0.2) is 62.8 Å². The highest BCUT2D eigenvalue weighted by atomic mass is 16.5. The Bertz CT molecular complexity index is 126. The Morgan fingerprint density at radius 1 is 1.25 bits per heavy atom. The summed E-state index contributed by atoms with van der Waals surface area (Å²) < 4.78 is 5.13. The predicted octanol–water partition coefficient (Wildman–Crippen LogP) is 0.269. The molecule has 0 aromatic carbocycles. The van der Waals surface area contributed by atoms with Gasteiger partial charge in [0.05, 0.1) is 19.3 Å². The molecule has 0 bridgehead atoms. The van der Waals surface area contributed by atoms with Gasteiger partial charge in [-0.05, 0) is 20.6 Å². The highest BCUT2D eigenvalue weighted by Gasteiger charge is 2.22. The lowest BCUT2D eigenvalue weighted by Gasteiger charge is -2.35. The van der Waals surface area contributed by atoms with Crippen LogP contribution in [0.25, 0.3) is 0 Å². The van der Waals surface area contributed by atoms with Gasteiger partial charge < -0.3 is 9.64 Å². The van der Waals surface area contributed by atoms with Gasteiger partial charge in [-0.2, -0.15) is 0 Å². The molecule has 0 aliphatic carbocycles. The highest BCUT2D eigenvalue weighted by Crippen LogP contribution is 2.07. The van der Waals surface area contributed by atoms with Crippen LogP contribution in [0.4, 0.5) is 0 Å². The molecule has 0 N–H and O–H groups in total. The van der Waals surface area contributed by atoms with Crippen LogP contribution in [0.3, 0.4) is 0 Å². The van der Waals surface area contributed by atoms with Gasteiger partial charge >= 0.3 is 0 Å². The van der Waals surface area contributed by atoms with E-state index in [1.54, 1.807) is 0 Å². The standard InChI is InChI=1S/C9H20N2O/c1-4-10(2)5-6-11(3)9-7-12-8-9/h9H,4-8H2,1-3H3. The van der Waals surface area contributed by atoms with E-state index in [1.807, 2.05) is 0 Å². The Morgan fingerprint density at radius 2 is 1.92 bits per heavy atom. The molecule has 0 saturated carbocycles. The lowest BCUT2D eigenvalue weighted by molar-refractivity contribution is -0.0571. The molecule has 0 spiro atoms. The van der Waals surface area contributed by atoms with E-state index in [-0.39, 0.29) is 0 Å². The molecule has 0 radical (unpaired) electrons. The first-order valence-corrected chi connectivity index (χ1v) is 4.70. The predicted molar refractivity (Wildman–Crippen MR) is 50.4 cm³/mol. The number of likely N-dealkylation sites (N-methyl/N-ethyl adjacent to an activating group) is 2. The van der Waals surface area contributed by atoms with Crippen LogP contribution in [-0.2, 0) is 4.74 Å². The van der Waals surface area contributed by atoms with Crippen molar-refractivity contribution in [2.45, 2.75) is 13.0 Å². The maximum absolute atomic E-state index is 5.13. The zero-order valence-electron chi connectivity index (χ0n) is 8.42. The van der Waals surface area contributed by atoms with E-state index in [1.165, 1.54) is 0 Å². The largest absolute Gasteiger partial charge is 0.378 e. The van der Waals surface area contributed by atoms with Crippen molar-refractivity contribution in [3.63, 3.8) is 0 Å². The van der Waals surface area contributed by atoms with Crippen molar-refractivity contribution >= 4 is 0 Å². The van der Waals surface area contributed by atoms with Gasteiger partial charge in [0.15, 0.2) is 0 Å². The maximum Gasteiger partial charge on any atom is 0.0645 e. The topological polar surface area (TPSA) is 15.7 Å². The summed E-state index contributed by atoms with van der Waals surface area (Å²) in [7, 11) is 4.34. The second-order valence-electron chi connectivity index (χ2n) is 3.57. The number of hydrogen-bond acceptors (Lipinski definition) is 3. The summed E-state index contributed by atoms with van der Waals surface area (Å²) in [5, 5.41) is 0. The lowest BCUT2D eigenvalue weighted by Crippen LogP contribution is -2.49. The lowest BCUT2D eigenvalue weighted by atomic mass is 10.2. The van der Waals surface area contributed by atoms with E-state index < -0.39 is 0 Å². The Morgan fingerprint density at radius 3 is 2.33 bits per heavy atom. The fourth-order valence-corrected chi connectivity index (χ4v) is 1.15. The first-order valence-electron chi connectivity index (χ1n) is 4.70. The fraction of sp³-hybridized carbons (Fsp3) is 1.00. The molecule has 1 saturated heterocycles. The molecule has 1 aliphatic rings. The van der Waals surface area contributed by atoms with E-state index in [0.717, 1.165) is 32.8 Å². The van der Waals surface area contributed by atoms with Crippen molar-refractivity contribution in [1.29, 1.82) is 0 Å². The van der Waals surface area contributed by atoms with Gasteiger partial charge in [-0.1, -0.05) is 6.92 Å². The third-order valence-electron chi connectivity index (χ3n) is 2.62. The third-order valence-corrected chi connectivity index (χ3v) is 2.62. The second-order valence-corrected chi connectivity index (χ2v) is 3.57. The zero-order chi connectivity index (χ0) is 8.97. The molecule has 0 amide bonds. The van der Waals surface area contributed by atoms with Crippen LogP contribution >= 0.6 is 0 Å². The molecular weight excluding hydrogens is 152 g/mol. The van der Waals surface area contributed by atoms with Crippen LogP contribution in [0.5, 0.6) is 0 Å². The van der Waals surface area contributed by atoms with E-state index in [4.69, 9.17) is 4.74 Å². The van der Waals surface area contributed by atoms with Gasteiger partial charge in [-0.25, -0.2) is 0 Å². The number of nitrogens with zero attached hydrogens (tertiary/aromatic N) is 2. The van der Waals surface area contributed by atoms with Crippen molar-refractivity contribution < 1.29 is 4.74 Å². The molecule has 1 fully saturated rings. The summed E-state index contributed by atoms with van der Waals surface area (Å²) in [6, 6.07) is 0.676. The Labute approximate surface area is 75.3 Å². The minimum atomic E-state index is 0.676. The summed E-state index contributed by atoms with van der Waals surface area (Å²) in [6.45, 7) is 7.47.